The summed E-state index contributed by atoms with van der Waals surface area (Å²) in [5.41, 5.74) is 5.33. The lowest BCUT2D eigenvalue weighted by Gasteiger charge is -2.44. The van der Waals surface area contributed by atoms with Gasteiger partial charge in [-0.1, -0.05) is 111 Å². The van der Waals surface area contributed by atoms with Gasteiger partial charge in [0, 0.05) is 17.3 Å². The maximum Gasteiger partial charge on any atom is 0.261 e. The minimum atomic E-state index is -3.07. The van der Waals surface area contributed by atoms with Gasteiger partial charge in [0.1, 0.15) is 0 Å². The summed E-state index contributed by atoms with van der Waals surface area (Å²) < 4.78 is 13.5. The Kier molecular flexibility index (Phi) is 13.9. The van der Waals surface area contributed by atoms with Gasteiger partial charge in [0.25, 0.3) is 8.32 Å². The number of carbonyl (C=O) groups is 2. The van der Waals surface area contributed by atoms with Crippen LogP contribution in [0.15, 0.2) is 144 Å². The van der Waals surface area contributed by atoms with E-state index in [1.165, 1.54) is 12.0 Å². The Morgan fingerprint density at radius 1 is 0.887 bits per heavy atom. The van der Waals surface area contributed by atoms with Crippen molar-refractivity contribution in [3.8, 4) is 11.5 Å². The third-order valence-electron chi connectivity index (χ3n) is 12.3. The van der Waals surface area contributed by atoms with Gasteiger partial charge in [0.15, 0.2) is 11.5 Å². The summed E-state index contributed by atoms with van der Waals surface area (Å²) in [5.74, 6) is -2.67. The number of allylic oxidation sites excluding steroid dienone is 1. The summed E-state index contributed by atoms with van der Waals surface area (Å²) in [4.78, 5) is 30.4. The first kappa shape index (κ1) is 45.0. The molecule has 5 aromatic carbocycles. The minimum Gasteiger partial charge on any atom is -0.504 e. The van der Waals surface area contributed by atoms with Gasteiger partial charge in [0.05, 0.1) is 47.5 Å². The molecule has 0 unspecified atom stereocenters. The third kappa shape index (κ3) is 9.05. The van der Waals surface area contributed by atoms with E-state index in [1.807, 2.05) is 97.9 Å². The molecule has 2 amide bonds. The molecule has 0 aromatic heterocycles. The van der Waals surface area contributed by atoms with Crippen molar-refractivity contribution in [2.45, 2.75) is 58.1 Å². The maximum atomic E-state index is 14.6. The number of aliphatic hydroxyl groups is 2. The molecule has 7 rings (SSSR count). The van der Waals surface area contributed by atoms with Gasteiger partial charge >= 0.3 is 0 Å². The number of benzene rings is 5. The second-order valence-electron chi connectivity index (χ2n) is 17.3. The van der Waals surface area contributed by atoms with Crippen LogP contribution in [0.3, 0.4) is 0 Å². The van der Waals surface area contributed by atoms with Gasteiger partial charge in [-0.3, -0.25) is 14.5 Å². The predicted octanol–water partition coefficient (Wildman–Crippen LogP) is 8.98. The fraction of sp³-hybridized carbons (Fsp3) is 0.294. The second-order valence-corrected chi connectivity index (χ2v) is 22.8. The Balaban J connectivity index is 1.25. The zero-order valence-electron chi connectivity index (χ0n) is 35.8. The van der Waals surface area contributed by atoms with Crippen LogP contribution in [0.4, 0.5) is 17.1 Å². The number of phenols is 1. The molecule has 0 spiro atoms. The van der Waals surface area contributed by atoms with Crippen LogP contribution >= 0.6 is 22.6 Å². The van der Waals surface area contributed by atoms with Crippen molar-refractivity contribution in [1.82, 2.24) is 0 Å². The fourth-order valence-corrected chi connectivity index (χ4v) is 14.6. The van der Waals surface area contributed by atoms with E-state index < -0.39 is 38.8 Å². The van der Waals surface area contributed by atoms with Crippen LogP contribution in [0.2, 0.25) is 5.04 Å². The lowest BCUT2D eigenvalue weighted by atomic mass is 9.68. The summed E-state index contributed by atoms with van der Waals surface area (Å²) in [7, 11) is -1.56. The van der Waals surface area contributed by atoms with E-state index in [2.05, 4.69) is 72.9 Å². The van der Waals surface area contributed by atoms with E-state index in [0.29, 0.717) is 33.4 Å². The largest absolute Gasteiger partial charge is 0.504 e. The SMILES string of the molecule is COc1cc(/C=C(\C)CC[C@@H](O)C2=C(CO[Si](c3ccccc3)(c3ccccc3)C(C)(C)C)C[C@H]3C(=O)N(c4ccc(Nc5ccccc5)cc4)C(=O)[C@H]3[C@H]2CO)cc(I)c1O. The highest BCUT2D eigenvalue weighted by Crippen LogP contribution is 2.48. The molecule has 1 aliphatic carbocycles. The molecule has 0 bridgehead atoms. The smallest absolute Gasteiger partial charge is 0.261 e. The second kappa shape index (κ2) is 19.1. The molecule has 1 heterocycles. The standard InChI is InChI=1S/C51H55IN2O7Si/c1-33(27-34-28-43(52)48(57)45(29-34)60-5)21-26-44(56)46-35(32-61-62(51(2,3)4,39-17-11-7-12-18-39)40-19-13-8-14-20-40)30-41-47(42(46)31-55)50(59)54(49(41)58)38-24-22-37(23-25-38)53-36-15-9-6-10-16-36/h6-20,22-25,27-29,41-42,44,47,53,55-57H,21,26,30-32H2,1-5H3/b33-27+/t41-,42+,44-,47-/m1/s1. The summed E-state index contributed by atoms with van der Waals surface area (Å²) in [6.45, 7) is 8.28. The number of ether oxygens (including phenoxy) is 1. The number of para-hydroxylation sites is 1. The molecule has 9 nitrogen and oxygen atoms in total. The number of rotatable bonds is 15. The van der Waals surface area contributed by atoms with E-state index in [4.69, 9.17) is 9.16 Å². The first-order chi connectivity index (χ1) is 29.8. The number of nitrogens with one attached hydrogen (secondary N) is 1. The van der Waals surface area contributed by atoms with Crippen molar-refractivity contribution in [2.24, 2.45) is 17.8 Å². The van der Waals surface area contributed by atoms with Crippen molar-refractivity contribution in [1.29, 1.82) is 0 Å². The fourth-order valence-electron chi connectivity index (χ4n) is 9.39. The number of nitrogens with zero attached hydrogens (tertiary/aromatic N) is 1. The molecule has 1 aliphatic heterocycles. The predicted molar refractivity (Wildman–Crippen MR) is 258 cm³/mol. The van der Waals surface area contributed by atoms with Crippen molar-refractivity contribution in [2.75, 3.05) is 30.5 Å². The zero-order chi connectivity index (χ0) is 44.2. The molecule has 4 N–H and O–H groups in total. The molecule has 0 radical (unpaired) electrons. The number of halogens is 1. The first-order valence-electron chi connectivity index (χ1n) is 21.1. The summed E-state index contributed by atoms with van der Waals surface area (Å²) >= 11 is 2.07. The molecule has 322 valence electrons. The molecule has 1 fully saturated rings. The Morgan fingerprint density at radius 2 is 1.47 bits per heavy atom. The molecule has 5 aromatic rings. The molecule has 11 heteroatoms. The van der Waals surface area contributed by atoms with E-state index in [0.717, 1.165) is 38.5 Å². The number of hydrogen-bond acceptors (Lipinski definition) is 8. The number of phenolic OH excluding ortho intramolecular Hbond substituents is 1. The quantitative estimate of drug-likeness (QED) is 0.0355. The van der Waals surface area contributed by atoms with Crippen LogP contribution in [0, 0.1) is 21.3 Å². The highest BCUT2D eigenvalue weighted by Gasteiger charge is 2.56. The maximum absolute atomic E-state index is 14.6. The van der Waals surface area contributed by atoms with E-state index >= 15 is 0 Å². The summed E-state index contributed by atoms with van der Waals surface area (Å²) in [6, 6.07) is 41.2. The summed E-state index contributed by atoms with van der Waals surface area (Å²) in [6.07, 6.45) is 1.98. The average molecular weight is 963 g/mol. The van der Waals surface area contributed by atoms with Crippen molar-refractivity contribution < 1.29 is 34.1 Å². The number of amides is 2. The molecule has 1 saturated heterocycles. The van der Waals surface area contributed by atoms with Crippen LogP contribution in [0.5, 0.6) is 11.5 Å². The minimum absolute atomic E-state index is 0.0827. The lowest BCUT2D eigenvalue weighted by molar-refractivity contribution is -0.123. The highest BCUT2D eigenvalue weighted by atomic mass is 127. The van der Waals surface area contributed by atoms with Crippen molar-refractivity contribution in [3.63, 3.8) is 0 Å². The molecule has 4 atom stereocenters. The number of aromatic hydroxyl groups is 1. The first-order valence-corrected chi connectivity index (χ1v) is 24.1. The monoisotopic (exact) mass is 962 g/mol. The molecular formula is C51H55IN2O7Si. The molecule has 0 saturated carbocycles. The van der Waals surface area contributed by atoms with E-state index in [1.54, 1.807) is 18.2 Å². The van der Waals surface area contributed by atoms with Gasteiger partial charge in [-0.15, -0.1) is 0 Å². The number of anilines is 3. The van der Waals surface area contributed by atoms with Gasteiger partial charge in [-0.25, -0.2) is 0 Å². The van der Waals surface area contributed by atoms with Crippen molar-refractivity contribution >= 4 is 76.2 Å². The van der Waals surface area contributed by atoms with Crippen LogP contribution in [-0.4, -0.2) is 61.9 Å². The van der Waals surface area contributed by atoms with Crippen LogP contribution < -0.4 is 25.3 Å². The average Bonchev–Trinajstić information content (AvgIpc) is 3.52. The summed E-state index contributed by atoms with van der Waals surface area (Å²) in [5, 5.41) is 39.2. The zero-order valence-corrected chi connectivity index (χ0v) is 39.0. The lowest BCUT2D eigenvalue weighted by Crippen LogP contribution is -2.66. The molecule has 2 aliphatic rings. The number of imide groups is 1. The molecule has 62 heavy (non-hydrogen) atoms. The van der Waals surface area contributed by atoms with Crippen LogP contribution in [0.25, 0.3) is 6.08 Å². The van der Waals surface area contributed by atoms with E-state index in [9.17, 15) is 24.9 Å². The van der Waals surface area contributed by atoms with Crippen molar-refractivity contribution in [3.05, 3.63) is 153 Å². The normalized spacial score (nSPS) is 18.8. The number of fused-ring (bicyclic) bond motifs is 1. The number of carbonyl (C=O) groups excluding carboxylic acids is 2. The Labute approximate surface area is 379 Å². The van der Waals surface area contributed by atoms with Gasteiger partial charge in [0.2, 0.25) is 11.8 Å². The van der Waals surface area contributed by atoms with E-state index in [-0.39, 0.29) is 35.6 Å². The van der Waals surface area contributed by atoms with Gasteiger partial charge < -0.3 is 29.8 Å². The van der Waals surface area contributed by atoms with Gasteiger partial charge in [-0.2, -0.15) is 0 Å². The van der Waals surface area contributed by atoms with Gasteiger partial charge in [-0.05, 0) is 129 Å². The third-order valence-corrected chi connectivity index (χ3v) is 18.1. The number of hydrogen-bond donors (Lipinski definition) is 4. The Bertz CT molecular complexity index is 2400. The topological polar surface area (TPSA) is 129 Å². The van der Waals surface area contributed by atoms with Crippen LogP contribution in [0.1, 0.15) is 52.5 Å². The molecular weight excluding hydrogens is 908 g/mol. The van der Waals surface area contributed by atoms with Crippen LogP contribution in [-0.2, 0) is 14.0 Å². The Hall–Kier alpha value is -5.05. The number of aliphatic hydroxyl groups excluding tert-OH is 2. The Morgan fingerprint density at radius 3 is 2.03 bits per heavy atom. The highest BCUT2D eigenvalue weighted by molar-refractivity contribution is 14.1. The number of methoxy groups -OCH3 is 1.